The number of aromatic amines is 1. The summed E-state index contributed by atoms with van der Waals surface area (Å²) in [6, 6.07) is 15.5. The molecule has 0 unspecified atom stereocenters. The van der Waals surface area contributed by atoms with Gasteiger partial charge in [-0.2, -0.15) is 5.26 Å². The molecule has 1 amide bonds. The molecule has 2 atom stereocenters. The standard InChI is InChI=1S/C34H42N4O2/c1-4-5-24-11-14-38(21-24)33(39)27-8-6-26(7-9-27)30-19-34(17-25(18-34)20-35)12-15-37(30)22-29-28-10-13-36-32(28)23(2)16-31(29)40-3/h6-10,13,16,24-25,30,36H,4-5,11-12,14-15,17-19,21-22H2,1-3H3/t24-,25?,30+,34?/m1/s1. The fourth-order valence-electron chi connectivity index (χ4n) is 7.82. The molecule has 1 aliphatic carbocycles. The third-order valence-electron chi connectivity index (χ3n) is 10.0. The number of piperidine rings is 1. The number of aromatic nitrogens is 1. The van der Waals surface area contributed by atoms with Crippen molar-refractivity contribution in [2.45, 2.75) is 71.4 Å². The quantitative estimate of drug-likeness (QED) is 0.351. The van der Waals surface area contributed by atoms with Crippen molar-refractivity contribution >= 4 is 16.8 Å². The van der Waals surface area contributed by atoms with E-state index in [1.54, 1.807) is 7.11 Å². The number of carbonyl (C=O) groups is 1. The van der Waals surface area contributed by atoms with E-state index in [2.05, 4.69) is 54.1 Å². The first kappa shape index (κ1) is 26.9. The fourth-order valence-corrected chi connectivity index (χ4v) is 7.82. The molecule has 1 aromatic heterocycles. The van der Waals surface area contributed by atoms with E-state index in [0.29, 0.717) is 5.92 Å². The van der Waals surface area contributed by atoms with Crippen LogP contribution >= 0.6 is 0 Å². The number of nitrogens with zero attached hydrogens (tertiary/aromatic N) is 3. The summed E-state index contributed by atoms with van der Waals surface area (Å²) in [5.74, 6) is 1.94. The lowest BCUT2D eigenvalue weighted by Crippen LogP contribution is -2.48. The Labute approximate surface area is 238 Å². The SMILES string of the molecule is CCC[C@@H]1CCN(C(=O)c2ccc([C@@H]3CC4(CCN3Cc3c(OC)cc(C)c5[nH]ccc35)CC(C#N)C4)cc2)C1. The number of methoxy groups -OCH3 is 1. The average Bonchev–Trinajstić information content (AvgIpc) is 3.64. The zero-order chi connectivity index (χ0) is 27.9. The number of fused-ring (bicyclic) bond motifs is 1. The number of likely N-dealkylation sites (tertiary alicyclic amines) is 2. The van der Waals surface area contributed by atoms with Gasteiger partial charge in [0.05, 0.1) is 13.2 Å². The molecule has 3 heterocycles. The molecule has 2 aliphatic heterocycles. The first-order valence-corrected chi connectivity index (χ1v) is 15.1. The number of H-pyrrole nitrogens is 1. The molecule has 6 rings (SSSR count). The van der Waals surface area contributed by atoms with Crippen molar-refractivity contribution in [1.82, 2.24) is 14.8 Å². The summed E-state index contributed by atoms with van der Waals surface area (Å²) in [4.78, 5) is 21.3. The third kappa shape index (κ3) is 4.90. The second-order valence-corrected chi connectivity index (χ2v) is 12.6. The lowest BCUT2D eigenvalue weighted by atomic mass is 9.56. The monoisotopic (exact) mass is 538 g/mol. The molecule has 3 fully saturated rings. The molecular weight excluding hydrogens is 496 g/mol. The van der Waals surface area contributed by atoms with E-state index in [0.717, 1.165) is 69.6 Å². The van der Waals surface area contributed by atoms with Crippen molar-refractivity contribution in [2.24, 2.45) is 17.3 Å². The lowest BCUT2D eigenvalue weighted by molar-refractivity contribution is -0.0298. The largest absolute Gasteiger partial charge is 0.496 e. The minimum Gasteiger partial charge on any atom is -0.496 e. The maximum Gasteiger partial charge on any atom is 0.253 e. The van der Waals surface area contributed by atoms with Crippen LogP contribution in [0.4, 0.5) is 0 Å². The molecule has 6 heteroatoms. The number of aryl methyl sites for hydroxylation is 1. The Morgan fingerprint density at radius 1 is 1.18 bits per heavy atom. The van der Waals surface area contributed by atoms with Gasteiger partial charge in [-0.1, -0.05) is 25.5 Å². The first-order chi connectivity index (χ1) is 19.4. The second kappa shape index (κ2) is 10.9. The van der Waals surface area contributed by atoms with Crippen molar-refractivity contribution in [3.63, 3.8) is 0 Å². The Hall–Kier alpha value is -3.30. The number of nitrogens with one attached hydrogen (secondary N) is 1. The van der Waals surface area contributed by atoms with Crippen molar-refractivity contribution < 1.29 is 9.53 Å². The van der Waals surface area contributed by atoms with Gasteiger partial charge in [-0.05, 0) is 98.7 Å². The minimum atomic E-state index is 0.164. The van der Waals surface area contributed by atoms with Gasteiger partial charge in [0.2, 0.25) is 0 Å². The van der Waals surface area contributed by atoms with Crippen molar-refractivity contribution in [3.05, 3.63) is 64.8 Å². The number of nitriles is 1. The van der Waals surface area contributed by atoms with E-state index in [4.69, 9.17) is 4.74 Å². The highest BCUT2D eigenvalue weighted by molar-refractivity contribution is 5.94. The highest BCUT2D eigenvalue weighted by Gasteiger charge is 2.49. The Balaban J connectivity index is 1.27. The van der Waals surface area contributed by atoms with Crippen molar-refractivity contribution in [2.75, 3.05) is 26.7 Å². The summed E-state index contributed by atoms with van der Waals surface area (Å²) in [5.41, 5.74) is 5.88. The van der Waals surface area contributed by atoms with Crippen LogP contribution < -0.4 is 4.74 Å². The molecule has 2 saturated heterocycles. The van der Waals surface area contributed by atoms with Crippen LogP contribution in [0.2, 0.25) is 0 Å². The smallest absolute Gasteiger partial charge is 0.253 e. The van der Waals surface area contributed by atoms with Gasteiger partial charge in [-0.3, -0.25) is 9.69 Å². The summed E-state index contributed by atoms with van der Waals surface area (Å²) in [6.45, 7) is 7.89. The van der Waals surface area contributed by atoms with Crippen LogP contribution in [0.5, 0.6) is 5.75 Å². The van der Waals surface area contributed by atoms with Gasteiger partial charge < -0.3 is 14.6 Å². The van der Waals surface area contributed by atoms with Gasteiger partial charge in [0.1, 0.15) is 5.75 Å². The Bertz CT molecular complexity index is 1410. The molecule has 0 radical (unpaired) electrons. The van der Waals surface area contributed by atoms with E-state index in [1.165, 1.54) is 40.4 Å². The second-order valence-electron chi connectivity index (χ2n) is 12.6. The average molecular weight is 539 g/mol. The zero-order valence-electron chi connectivity index (χ0n) is 24.2. The number of rotatable bonds is 7. The highest BCUT2D eigenvalue weighted by Crippen LogP contribution is 2.57. The summed E-state index contributed by atoms with van der Waals surface area (Å²) in [6.07, 6.45) is 9.71. The van der Waals surface area contributed by atoms with Crippen LogP contribution in [0, 0.1) is 35.5 Å². The summed E-state index contributed by atoms with van der Waals surface area (Å²) < 4.78 is 5.88. The number of amides is 1. The highest BCUT2D eigenvalue weighted by atomic mass is 16.5. The number of benzene rings is 2. The maximum absolute atomic E-state index is 13.3. The molecule has 40 heavy (non-hydrogen) atoms. The number of carbonyl (C=O) groups excluding carboxylic acids is 1. The molecule has 1 N–H and O–H groups in total. The van der Waals surface area contributed by atoms with Crippen molar-refractivity contribution in [1.29, 1.82) is 5.26 Å². The van der Waals surface area contributed by atoms with E-state index >= 15 is 0 Å². The summed E-state index contributed by atoms with van der Waals surface area (Å²) in [7, 11) is 1.76. The Morgan fingerprint density at radius 3 is 2.70 bits per heavy atom. The molecule has 3 aromatic rings. The zero-order valence-corrected chi connectivity index (χ0v) is 24.2. The van der Waals surface area contributed by atoms with E-state index in [9.17, 15) is 10.1 Å². The van der Waals surface area contributed by atoms with E-state index < -0.39 is 0 Å². The van der Waals surface area contributed by atoms with Crippen molar-refractivity contribution in [3.8, 4) is 11.8 Å². The fraction of sp³-hybridized carbons (Fsp3) is 0.529. The Kier molecular flexibility index (Phi) is 7.35. The third-order valence-corrected chi connectivity index (χ3v) is 10.0. The molecule has 2 aromatic carbocycles. The lowest BCUT2D eigenvalue weighted by Gasteiger charge is -2.53. The van der Waals surface area contributed by atoms with Gasteiger partial charge in [0, 0.05) is 59.8 Å². The predicted octanol–water partition coefficient (Wildman–Crippen LogP) is 7.00. The molecule has 210 valence electrons. The molecule has 6 nitrogen and oxygen atoms in total. The van der Waals surface area contributed by atoms with Crippen LogP contribution in [0.15, 0.2) is 42.6 Å². The maximum atomic E-state index is 13.3. The molecule has 3 aliphatic rings. The van der Waals surface area contributed by atoms with Gasteiger partial charge in [0.25, 0.3) is 5.91 Å². The van der Waals surface area contributed by atoms with Gasteiger partial charge in [0.15, 0.2) is 0 Å². The summed E-state index contributed by atoms with van der Waals surface area (Å²) >= 11 is 0. The van der Waals surface area contributed by atoms with E-state index in [1.807, 2.05) is 23.2 Å². The minimum absolute atomic E-state index is 0.164. The molecule has 1 saturated carbocycles. The van der Waals surface area contributed by atoms with Gasteiger partial charge in [-0.25, -0.2) is 0 Å². The Morgan fingerprint density at radius 2 is 1.98 bits per heavy atom. The molecule has 0 bridgehead atoms. The number of ether oxygens (including phenoxy) is 1. The first-order valence-electron chi connectivity index (χ1n) is 15.1. The van der Waals surface area contributed by atoms with Gasteiger partial charge >= 0.3 is 0 Å². The molecule has 1 spiro atoms. The van der Waals surface area contributed by atoms with Crippen LogP contribution in [-0.2, 0) is 6.54 Å². The normalized spacial score (nSPS) is 26.6. The number of hydrogen-bond acceptors (Lipinski definition) is 4. The topological polar surface area (TPSA) is 72.4 Å². The predicted molar refractivity (Wildman–Crippen MR) is 158 cm³/mol. The van der Waals surface area contributed by atoms with Gasteiger partial charge in [-0.15, -0.1) is 0 Å². The van der Waals surface area contributed by atoms with Crippen LogP contribution in [0.1, 0.15) is 85.0 Å². The molecular formula is C34H42N4O2. The van der Waals surface area contributed by atoms with Crippen LogP contribution in [-0.4, -0.2) is 47.4 Å². The number of hydrogen-bond donors (Lipinski definition) is 1. The summed E-state index contributed by atoms with van der Waals surface area (Å²) in [5, 5.41) is 10.7. The van der Waals surface area contributed by atoms with Crippen LogP contribution in [0.25, 0.3) is 10.9 Å². The van der Waals surface area contributed by atoms with E-state index in [-0.39, 0.29) is 23.3 Å². The van der Waals surface area contributed by atoms with Crippen LogP contribution in [0.3, 0.4) is 0 Å².